The Bertz CT molecular complexity index is 214. The number of hydrogen-bond acceptors (Lipinski definition) is 3. The molecule has 1 fully saturated rings. The highest BCUT2D eigenvalue weighted by Crippen LogP contribution is 2.14. The number of carbonyl (C=O) groups excluding carboxylic acids is 1. The van der Waals surface area contributed by atoms with Gasteiger partial charge in [0.15, 0.2) is 0 Å². The molecule has 0 radical (unpaired) electrons. The topological polar surface area (TPSA) is 44.4 Å². The molecule has 0 aliphatic carbocycles. The van der Waals surface area contributed by atoms with Crippen molar-refractivity contribution in [2.24, 2.45) is 0 Å². The molecule has 16 heavy (non-hydrogen) atoms. The first-order valence-electron chi connectivity index (χ1n) is 6.27. The zero-order valence-electron chi connectivity index (χ0n) is 10.8. The lowest BCUT2D eigenvalue weighted by Crippen LogP contribution is -2.43. The predicted molar refractivity (Wildman–Crippen MR) is 66.4 cm³/mol. The third kappa shape index (κ3) is 4.49. The van der Waals surface area contributed by atoms with Crippen molar-refractivity contribution < 1.29 is 4.79 Å². The molecule has 1 saturated heterocycles. The summed E-state index contributed by atoms with van der Waals surface area (Å²) in [5.74, 6) is 0.0888. The molecule has 1 rings (SSSR count). The van der Waals surface area contributed by atoms with Gasteiger partial charge in [0.05, 0.1) is 6.54 Å². The molecule has 0 bridgehead atoms. The largest absolute Gasteiger partial charge is 0.358 e. The second-order valence-corrected chi connectivity index (χ2v) is 4.82. The van der Waals surface area contributed by atoms with Crippen LogP contribution in [-0.2, 0) is 4.79 Å². The lowest BCUT2D eigenvalue weighted by molar-refractivity contribution is -0.121. The Morgan fingerprint density at radius 2 is 2.31 bits per heavy atom. The minimum absolute atomic E-state index is 0.0888. The van der Waals surface area contributed by atoms with Crippen LogP contribution in [0.25, 0.3) is 0 Å². The zero-order chi connectivity index (χ0) is 12.0. The second kappa shape index (κ2) is 6.86. The summed E-state index contributed by atoms with van der Waals surface area (Å²) in [6.07, 6.45) is 5.05. The van der Waals surface area contributed by atoms with Gasteiger partial charge in [-0.3, -0.25) is 9.69 Å². The molecule has 0 spiro atoms. The van der Waals surface area contributed by atoms with E-state index >= 15 is 0 Å². The molecule has 1 aliphatic heterocycles. The summed E-state index contributed by atoms with van der Waals surface area (Å²) in [4.78, 5) is 13.4. The van der Waals surface area contributed by atoms with Crippen LogP contribution in [0.2, 0.25) is 0 Å². The molecule has 1 amide bonds. The summed E-state index contributed by atoms with van der Waals surface area (Å²) in [6, 6.07) is 1.09. The zero-order valence-corrected chi connectivity index (χ0v) is 10.8. The molecule has 94 valence electrons. The van der Waals surface area contributed by atoms with Crippen LogP contribution in [0.5, 0.6) is 0 Å². The first kappa shape index (κ1) is 13.5. The molecule has 4 nitrogen and oxygen atoms in total. The van der Waals surface area contributed by atoms with Crippen LogP contribution in [-0.4, -0.2) is 50.1 Å². The van der Waals surface area contributed by atoms with Crippen LogP contribution in [0.1, 0.15) is 32.6 Å². The van der Waals surface area contributed by atoms with Crippen LogP contribution < -0.4 is 10.6 Å². The van der Waals surface area contributed by atoms with Gasteiger partial charge in [0.1, 0.15) is 0 Å². The van der Waals surface area contributed by atoms with Gasteiger partial charge in [-0.2, -0.15) is 0 Å². The van der Waals surface area contributed by atoms with E-state index in [1.165, 1.54) is 19.3 Å². The van der Waals surface area contributed by atoms with Crippen molar-refractivity contribution in [1.82, 2.24) is 15.5 Å². The molecule has 0 aromatic carbocycles. The summed E-state index contributed by atoms with van der Waals surface area (Å²) in [5.41, 5.74) is 0. The van der Waals surface area contributed by atoms with Crippen molar-refractivity contribution in [2.45, 2.75) is 44.7 Å². The molecule has 0 aromatic rings. The lowest BCUT2D eigenvalue weighted by atomic mass is 9.98. The second-order valence-electron chi connectivity index (χ2n) is 4.82. The molecule has 4 heteroatoms. The van der Waals surface area contributed by atoms with Crippen molar-refractivity contribution in [1.29, 1.82) is 0 Å². The van der Waals surface area contributed by atoms with Crippen LogP contribution in [0, 0.1) is 0 Å². The normalized spacial score (nSPS) is 23.1. The van der Waals surface area contributed by atoms with Crippen molar-refractivity contribution >= 4 is 5.91 Å². The molecule has 2 unspecified atom stereocenters. The Balaban J connectivity index is 2.26. The van der Waals surface area contributed by atoms with Gasteiger partial charge in [0.25, 0.3) is 0 Å². The van der Waals surface area contributed by atoms with Crippen molar-refractivity contribution in [3.05, 3.63) is 0 Å². The average molecular weight is 227 g/mol. The van der Waals surface area contributed by atoms with Crippen molar-refractivity contribution in [2.75, 3.05) is 27.2 Å². The fraction of sp³-hybridized carbons (Fsp3) is 0.917. The predicted octanol–water partition coefficient (Wildman–Crippen LogP) is 0.585. The maximum Gasteiger partial charge on any atom is 0.233 e. The van der Waals surface area contributed by atoms with E-state index in [1.54, 1.807) is 7.05 Å². The van der Waals surface area contributed by atoms with Gasteiger partial charge in [-0.15, -0.1) is 0 Å². The number of hydrogen-bond donors (Lipinski definition) is 2. The quantitative estimate of drug-likeness (QED) is 0.722. The third-order valence-electron chi connectivity index (χ3n) is 3.46. The van der Waals surface area contributed by atoms with Crippen LogP contribution in [0.3, 0.4) is 0 Å². The van der Waals surface area contributed by atoms with Crippen LogP contribution in [0.15, 0.2) is 0 Å². The number of amides is 1. The Morgan fingerprint density at radius 1 is 1.56 bits per heavy atom. The first-order valence-corrected chi connectivity index (χ1v) is 6.27. The van der Waals surface area contributed by atoms with Crippen LogP contribution in [0.4, 0.5) is 0 Å². The van der Waals surface area contributed by atoms with Gasteiger partial charge in [-0.05, 0) is 39.8 Å². The monoisotopic (exact) mass is 227 g/mol. The number of likely N-dealkylation sites (N-methyl/N-ethyl adjacent to an activating group) is 2. The van der Waals surface area contributed by atoms with E-state index in [2.05, 4.69) is 22.5 Å². The Hall–Kier alpha value is -0.610. The Labute approximate surface area is 98.8 Å². The van der Waals surface area contributed by atoms with Gasteiger partial charge in [0.2, 0.25) is 5.91 Å². The van der Waals surface area contributed by atoms with Crippen LogP contribution >= 0.6 is 0 Å². The lowest BCUT2D eigenvalue weighted by Gasteiger charge is -2.30. The van der Waals surface area contributed by atoms with Crippen molar-refractivity contribution in [3.63, 3.8) is 0 Å². The summed E-state index contributed by atoms with van der Waals surface area (Å²) in [7, 11) is 3.70. The number of piperidine rings is 1. The molecule has 0 saturated carbocycles. The van der Waals surface area contributed by atoms with Gasteiger partial charge in [-0.1, -0.05) is 6.42 Å². The fourth-order valence-electron chi connectivity index (χ4n) is 2.18. The molecule has 1 aliphatic rings. The minimum atomic E-state index is 0.0888. The fourth-order valence-corrected chi connectivity index (χ4v) is 2.18. The maximum absolute atomic E-state index is 11.3. The molecule has 2 N–H and O–H groups in total. The van der Waals surface area contributed by atoms with E-state index < -0.39 is 0 Å². The summed E-state index contributed by atoms with van der Waals surface area (Å²) >= 11 is 0. The van der Waals surface area contributed by atoms with E-state index in [0.717, 1.165) is 13.0 Å². The summed E-state index contributed by atoms with van der Waals surface area (Å²) in [6.45, 7) is 3.83. The van der Waals surface area contributed by atoms with E-state index in [1.807, 2.05) is 7.05 Å². The van der Waals surface area contributed by atoms with Gasteiger partial charge in [-0.25, -0.2) is 0 Å². The molecular weight excluding hydrogens is 202 g/mol. The first-order chi connectivity index (χ1) is 7.63. The molecule has 0 aromatic heterocycles. The number of carbonyl (C=O) groups is 1. The Kier molecular flexibility index (Phi) is 5.77. The van der Waals surface area contributed by atoms with E-state index in [9.17, 15) is 4.79 Å². The molecule has 2 atom stereocenters. The van der Waals surface area contributed by atoms with E-state index in [0.29, 0.717) is 18.6 Å². The van der Waals surface area contributed by atoms with E-state index in [-0.39, 0.29) is 5.91 Å². The third-order valence-corrected chi connectivity index (χ3v) is 3.46. The number of rotatable bonds is 5. The highest BCUT2D eigenvalue weighted by molar-refractivity contribution is 5.77. The molecule has 1 heterocycles. The van der Waals surface area contributed by atoms with E-state index in [4.69, 9.17) is 0 Å². The van der Waals surface area contributed by atoms with Gasteiger partial charge in [0, 0.05) is 19.1 Å². The maximum atomic E-state index is 11.3. The minimum Gasteiger partial charge on any atom is -0.358 e. The van der Waals surface area contributed by atoms with Crippen molar-refractivity contribution in [3.8, 4) is 0 Å². The van der Waals surface area contributed by atoms with Gasteiger partial charge >= 0.3 is 0 Å². The Morgan fingerprint density at radius 3 is 2.88 bits per heavy atom. The number of nitrogens with one attached hydrogen (secondary N) is 2. The average Bonchev–Trinajstić information content (AvgIpc) is 2.30. The summed E-state index contributed by atoms with van der Waals surface area (Å²) in [5, 5.41) is 6.20. The standard InChI is InChI=1S/C12H25N3O/c1-10(15(3)9-12(16)13-2)8-11-6-4-5-7-14-11/h10-11,14H,4-9H2,1-3H3,(H,13,16). The smallest absolute Gasteiger partial charge is 0.233 e. The SMILES string of the molecule is CNC(=O)CN(C)C(C)CC1CCCCN1. The highest BCUT2D eigenvalue weighted by atomic mass is 16.1. The summed E-state index contributed by atoms with van der Waals surface area (Å²) < 4.78 is 0. The highest BCUT2D eigenvalue weighted by Gasteiger charge is 2.19. The molecular formula is C12H25N3O. The number of nitrogens with zero attached hydrogens (tertiary/aromatic N) is 1. The van der Waals surface area contributed by atoms with Gasteiger partial charge < -0.3 is 10.6 Å².